The predicted molar refractivity (Wildman–Crippen MR) is 113 cm³/mol. The minimum Gasteiger partial charge on any atom is -0.406 e. The van der Waals surface area contributed by atoms with E-state index in [0.717, 1.165) is 17.8 Å². The Bertz CT molecular complexity index is 782. The molecule has 3 N–H and O–H groups in total. The maximum absolute atomic E-state index is 12.6. The number of urea groups is 1. The lowest BCUT2D eigenvalue weighted by Gasteiger charge is -2.36. The van der Waals surface area contributed by atoms with Crippen molar-refractivity contribution in [1.82, 2.24) is 15.2 Å². The zero-order valence-corrected chi connectivity index (χ0v) is 17.3. The van der Waals surface area contributed by atoms with E-state index in [1.165, 1.54) is 12.1 Å². The molecule has 7 nitrogen and oxygen atoms in total. The van der Waals surface area contributed by atoms with Gasteiger partial charge < -0.3 is 25.6 Å². The van der Waals surface area contributed by atoms with Gasteiger partial charge in [0.05, 0.1) is 11.7 Å². The Morgan fingerprint density at radius 2 is 1.93 bits per heavy atom. The molecule has 1 aromatic carbocycles. The molecule has 12 heteroatoms. The highest BCUT2D eigenvalue weighted by atomic mass is 35.5. The summed E-state index contributed by atoms with van der Waals surface area (Å²) in [5, 5.41) is 9.21. The van der Waals surface area contributed by atoms with E-state index in [2.05, 4.69) is 25.7 Å². The van der Waals surface area contributed by atoms with Crippen LogP contribution in [0.25, 0.3) is 0 Å². The Morgan fingerprint density at radius 3 is 2.57 bits per heavy atom. The number of piperazine rings is 1. The fourth-order valence-electron chi connectivity index (χ4n) is 2.85. The Balaban J connectivity index is 0.00000225. The van der Waals surface area contributed by atoms with Crippen LogP contribution in [-0.2, 0) is 0 Å². The second kappa shape index (κ2) is 11.7. The van der Waals surface area contributed by atoms with E-state index in [4.69, 9.17) is 0 Å². The molecule has 3 rings (SSSR count). The van der Waals surface area contributed by atoms with Crippen molar-refractivity contribution in [3.8, 4) is 5.75 Å². The van der Waals surface area contributed by atoms with Crippen LogP contribution in [0.15, 0.2) is 48.8 Å². The number of nitrogens with one attached hydrogen (secondary N) is 3. The van der Waals surface area contributed by atoms with Crippen LogP contribution in [0.1, 0.15) is 0 Å². The third-order valence-corrected chi connectivity index (χ3v) is 4.15. The number of hydrogen-bond donors (Lipinski definition) is 3. The monoisotopic (exact) mass is 467 g/mol. The smallest absolute Gasteiger partial charge is 0.406 e. The third kappa shape index (κ3) is 7.77. The van der Waals surface area contributed by atoms with Crippen LogP contribution in [-0.4, -0.2) is 54.5 Å². The maximum Gasteiger partial charge on any atom is 0.573 e. The Labute approximate surface area is 184 Å². The summed E-state index contributed by atoms with van der Waals surface area (Å²) in [6.07, 6.45) is -1.37. The van der Waals surface area contributed by atoms with Gasteiger partial charge in [-0.25, -0.2) is 4.79 Å². The molecule has 1 fully saturated rings. The molecule has 0 bridgehead atoms. The van der Waals surface area contributed by atoms with Gasteiger partial charge in [-0.05, 0) is 36.4 Å². The fourth-order valence-corrected chi connectivity index (χ4v) is 2.85. The zero-order chi connectivity index (χ0) is 20.0. The van der Waals surface area contributed by atoms with Gasteiger partial charge in [0.25, 0.3) is 0 Å². The van der Waals surface area contributed by atoms with Crippen LogP contribution < -0.4 is 20.7 Å². The molecule has 1 aliphatic rings. The van der Waals surface area contributed by atoms with E-state index < -0.39 is 6.36 Å². The summed E-state index contributed by atoms with van der Waals surface area (Å²) in [7, 11) is 0. The molecule has 2 heterocycles. The number of nitrogens with zero attached hydrogens (tertiary/aromatic N) is 2. The van der Waals surface area contributed by atoms with E-state index in [9.17, 15) is 18.0 Å². The molecular weight excluding hydrogens is 446 g/mol. The fraction of sp³-hybridized carbons (Fsp3) is 0.333. The average molecular weight is 468 g/mol. The van der Waals surface area contributed by atoms with Gasteiger partial charge in [-0.1, -0.05) is 0 Å². The number of ether oxygens (including phenoxy) is 1. The molecule has 1 atom stereocenters. The number of carbonyl (C=O) groups is 1. The summed E-state index contributed by atoms with van der Waals surface area (Å²) in [6, 6.07) is 8.33. The number of halogens is 5. The van der Waals surface area contributed by atoms with Crippen LogP contribution >= 0.6 is 24.8 Å². The molecule has 30 heavy (non-hydrogen) atoms. The summed E-state index contributed by atoms with van der Waals surface area (Å²) in [5.74, 6) is -0.341. The minimum atomic E-state index is -4.75. The van der Waals surface area contributed by atoms with Crippen molar-refractivity contribution in [2.75, 3.05) is 36.8 Å². The lowest BCUT2D eigenvalue weighted by atomic mass is 10.2. The molecule has 1 aliphatic heterocycles. The molecule has 1 unspecified atom stereocenters. The largest absolute Gasteiger partial charge is 0.573 e. The number of benzene rings is 1. The van der Waals surface area contributed by atoms with Gasteiger partial charge in [0, 0.05) is 44.3 Å². The van der Waals surface area contributed by atoms with Crippen molar-refractivity contribution in [3.63, 3.8) is 0 Å². The number of rotatable bonds is 5. The molecule has 2 amide bonds. The quantitative estimate of drug-likeness (QED) is 0.624. The van der Waals surface area contributed by atoms with Crippen LogP contribution in [0.4, 0.5) is 29.3 Å². The molecule has 0 spiro atoms. The van der Waals surface area contributed by atoms with Crippen molar-refractivity contribution in [1.29, 1.82) is 0 Å². The zero-order valence-electron chi connectivity index (χ0n) is 15.7. The van der Waals surface area contributed by atoms with Crippen molar-refractivity contribution in [3.05, 3.63) is 48.8 Å². The van der Waals surface area contributed by atoms with E-state index in [1.54, 1.807) is 17.3 Å². The first-order valence-corrected chi connectivity index (χ1v) is 8.69. The average Bonchev–Trinajstić information content (AvgIpc) is 2.68. The van der Waals surface area contributed by atoms with Crippen LogP contribution in [0.2, 0.25) is 0 Å². The lowest BCUT2D eigenvalue weighted by Crippen LogP contribution is -2.57. The number of pyridine rings is 1. The summed E-state index contributed by atoms with van der Waals surface area (Å²) < 4.78 is 40.5. The van der Waals surface area contributed by atoms with E-state index >= 15 is 0 Å². The molecule has 166 valence electrons. The van der Waals surface area contributed by atoms with Crippen LogP contribution in [0, 0.1) is 0 Å². The van der Waals surface area contributed by atoms with Gasteiger partial charge >= 0.3 is 12.4 Å². The molecular formula is C18H22Cl2F3N5O2. The Kier molecular flexibility index (Phi) is 9.97. The van der Waals surface area contributed by atoms with Crippen molar-refractivity contribution in [2.45, 2.75) is 12.4 Å². The number of hydrogen-bond acceptors (Lipinski definition) is 5. The second-order valence-electron chi connectivity index (χ2n) is 6.18. The maximum atomic E-state index is 12.6. The first kappa shape index (κ1) is 25.6. The Hall–Kier alpha value is -2.43. The SMILES string of the molecule is Cl.Cl.O=C(Nc1ccc(OC(F)(F)F)cc1)N1CCNCC1CNc1cccnc1. The highest BCUT2D eigenvalue weighted by Crippen LogP contribution is 2.24. The summed E-state index contributed by atoms with van der Waals surface area (Å²) >= 11 is 0. The van der Waals surface area contributed by atoms with Crippen molar-refractivity contribution in [2.24, 2.45) is 0 Å². The first-order valence-electron chi connectivity index (χ1n) is 8.69. The highest BCUT2D eigenvalue weighted by molar-refractivity contribution is 5.89. The molecule has 2 aromatic rings. The number of amides is 2. The van der Waals surface area contributed by atoms with Gasteiger partial charge in [0.15, 0.2) is 0 Å². The van der Waals surface area contributed by atoms with Crippen LogP contribution in [0.5, 0.6) is 5.75 Å². The molecule has 0 saturated carbocycles. The first-order chi connectivity index (χ1) is 13.4. The Morgan fingerprint density at radius 1 is 1.20 bits per heavy atom. The highest BCUT2D eigenvalue weighted by Gasteiger charge is 2.31. The van der Waals surface area contributed by atoms with Crippen molar-refractivity contribution >= 4 is 42.2 Å². The number of aromatic nitrogens is 1. The number of carbonyl (C=O) groups excluding carboxylic acids is 1. The van der Waals surface area contributed by atoms with E-state index in [1.807, 2.05) is 12.1 Å². The van der Waals surface area contributed by atoms with Gasteiger partial charge in [0.2, 0.25) is 0 Å². The van der Waals surface area contributed by atoms with Crippen molar-refractivity contribution < 1.29 is 22.7 Å². The standard InChI is InChI=1S/C18H20F3N5O2.2ClH/c19-18(20,21)28-16-5-3-13(4-6-16)25-17(27)26-9-8-23-11-15(26)12-24-14-2-1-7-22-10-14;;/h1-7,10,15,23-24H,8-9,11-12H2,(H,25,27);2*1H. The molecule has 0 aliphatic carbocycles. The summed E-state index contributed by atoms with van der Waals surface area (Å²) in [4.78, 5) is 18.4. The molecule has 0 radical (unpaired) electrons. The van der Waals surface area contributed by atoms with E-state index in [-0.39, 0.29) is 42.6 Å². The van der Waals surface area contributed by atoms with Gasteiger partial charge in [-0.2, -0.15) is 0 Å². The normalized spacial score (nSPS) is 16.0. The molecule has 1 aromatic heterocycles. The number of anilines is 2. The predicted octanol–water partition coefficient (Wildman–Crippen LogP) is 3.74. The van der Waals surface area contributed by atoms with Gasteiger partial charge in [-0.3, -0.25) is 4.98 Å². The van der Waals surface area contributed by atoms with Gasteiger partial charge in [0.1, 0.15) is 5.75 Å². The molecule has 1 saturated heterocycles. The second-order valence-corrected chi connectivity index (χ2v) is 6.18. The van der Waals surface area contributed by atoms with Crippen LogP contribution in [0.3, 0.4) is 0 Å². The topological polar surface area (TPSA) is 78.5 Å². The third-order valence-electron chi connectivity index (χ3n) is 4.15. The lowest BCUT2D eigenvalue weighted by molar-refractivity contribution is -0.274. The van der Waals surface area contributed by atoms with Gasteiger partial charge in [-0.15, -0.1) is 38.0 Å². The summed E-state index contributed by atoms with van der Waals surface area (Å²) in [5.41, 5.74) is 1.24. The van der Waals surface area contributed by atoms with E-state index in [0.29, 0.717) is 31.9 Å². The number of alkyl halides is 3. The minimum absolute atomic E-state index is 0. The summed E-state index contributed by atoms with van der Waals surface area (Å²) in [6.45, 7) is 2.33.